The van der Waals surface area contributed by atoms with Gasteiger partial charge in [0.2, 0.25) is 16.9 Å². The topological polar surface area (TPSA) is 93.2 Å². The van der Waals surface area contributed by atoms with E-state index in [0.29, 0.717) is 10.1 Å². The van der Waals surface area contributed by atoms with E-state index >= 15 is 0 Å². The normalized spacial score (nSPS) is 13.0. The van der Waals surface area contributed by atoms with Crippen molar-refractivity contribution in [2.24, 2.45) is 11.8 Å². The van der Waals surface area contributed by atoms with Gasteiger partial charge in [-0.05, 0) is 30.9 Å². The first-order valence-corrected chi connectivity index (χ1v) is 11.3. The molecule has 0 aliphatic heterocycles. The minimum absolute atomic E-state index is 0.0524. The Balaban J connectivity index is 2.06. The number of nitrogens with zero attached hydrogens (tertiary/aromatic N) is 2. The van der Waals surface area contributed by atoms with E-state index in [1.807, 2.05) is 45.0 Å². The smallest absolute Gasteiger partial charge is 0.249 e. The lowest BCUT2D eigenvalue weighted by atomic mass is 9.96. The monoisotopic (exact) mass is 432 g/mol. The predicted molar refractivity (Wildman–Crippen MR) is 121 cm³/mol. The number of carbonyl (C=O) groups excluding carboxylic acids is 2. The first-order chi connectivity index (χ1) is 14.4. The summed E-state index contributed by atoms with van der Waals surface area (Å²) in [6.45, 7) is 7.95. The third-order valence-corrected chi connectivity index (χ3v) is 5.88. The Bertz CT molecular complexity index is 837. The third-order valence-electron chi connectivity index (χ3n) is 4.99. The lowest BCUT2D eigenvalue weighted by Crippen LogP contribution is -2.49. The van der Waals surface area contributed by atoms with Crippen LogP contribution in [-0.4, -0.2) is 35.2 Å². The molecule has 2 atom stereocenters. The number of hydrogen-bond acceptors (Lipinski definition) is 6. The van der Waals surface area contributed by atoms with Crippen LogP contribution in [0.4, 0.5) is 5.13 Å². The number of nitrogens with one attached hydrogen (secondary N) is 2. The number of methoxy groups -OCH3 is 1. The molecule has 2 unspecified atom stereocenters. The summed E-state index contributed by atoms with van der Waals surface area (Å²) in [5.41, 5.74) is 0.864. The van der Waals surface area contributed by atoms with Crippen LogP contribution in [-0.2, 0) is 9.59 Å². The van der Waals surface area contributed by atoms with Gasteiger partial charge >= 0.3 is 0 Å². The van der Waals surface area contributed by atoms with Gasteiger partial charge in [-0.3, -0.25) is 14.9 Å². The fourth-order valence-electron chi connectivity index (χ4n) is 3.11. The highest BCUT2D eigenvalue weighted by atomic mass is 32.1. The summed E-state index contributed by atoms with van der Waals surface area (Å²) < 4.78 is 5.24. The van der Waals surface area contributed by atoms with Crippen LogP contribution >= 0.6 is 11.3 Å². The van der Waals surface area contributed by atoms with Crippen molar-refractivity contribution >= 4 is 28.3 Å². The van der Waals surface area contributed by atoms with Gasteiger partial charge in [-0.25, -0.2) is 0 Å². The molecule has 2 amide bonds. The highest BCUT2D eigenvalue weighted by Gasteiger charge is 2.27. The second-order valence-electron chi connectivity index (χ2n) is 7.61. The summed E-state index contributed by atoms with van der Waals surface area (Å²) in [6, 6.07) is 6.88. The fourth-order valence-corrected chi connectivity index (χ4v) is 3.85. The molecule has 0 aliphatic carbocycles. The van der Waals surface area contributed by atoms with Crippen molar-refractivity contribution in [2.45, 2.75) is 59.4 Å². The number of anilines is 1. The molecule has 2 rings (SSSR count). The summed E-state index contributed by atoms with van der Waals surface area (Å²) in [6.07, 6.45) is 3.65. The molecule has 1 heterocycles. The average molecular weight is 433 g/mol. The van der Waals surface area contributed by atoms with Gasteiger partial charge in [0.15, 0.2) is 0 Å². The minimum Gasteiger partial charge on any atom is -0.497 e. The zero-order valence-corrected chi connectivity index (χ0v) is 19.2. The number of benzene rings is 1. The Morgan fingerprint density at radius 2 is 1.93 bits per heavy atom. The van der Waals surface area contributed by atoms with E-state index in [9.17, 15) is 9.59 Å². The van der Waals surface area contributed by atoms with E-state index in [-0.39, 0.29) is 23.7 Å². The maximum Gasteiger partial charge on any atom is 0.249 e. The molecule has 2 aromatic rings. The maximum absolute atomic E-state index is 12.9. The molecule has 1 aromatic heterocycles. The molecule has 0 saturated carbocycles. The number of carbonyl (C=O) groups is 2. The summed E-state index contributed by atoms with van der Waals surface area (Å²) in [7, 11) is 1.61. The van der Waals surface area contributed by atoms with Gasteiger partial charge < -0.3 is 10.1 Å². The Hall–Kier alpha value is -2.48. The first-order valence-electron chi connectivity index (χ1n) is 10.5. The lowest BCUT2D eigenvalue weighted by molar-refractivity contribution is -0.130. The number of unbranched alkanes of at least 4 members (excludes halogenated alkanes) is 1. The Kier molecular flexibility index (Phi) is 9.23. The van der Waals surface area contributed by atoms with Crippen LogP contribution in [0.25, 0.3) is 10.6 Å². The van der Waals surface area contributed by atoms with Gasteiger partial charge in [-0.2, -0.15) is 0 Å². The molecule has 1 aromatic carbocycles. The van der Waals surface area contributed by atoms with Crippen LogP contribution in [0.1, 0.15) is 53.4 Å². The third kappa shape index (κ3) is 6.52. The van der Waals surface area contributed by atoms with Crippen LogP contribution in [0.3, 0.4) is 0 Å². The minimum atomic E-state index is -0.627. The zero-order valence-electron chi connectivity index (χ0n) is 18.4. The van der Waals surface area contributed by atoms with Crippen LogP contribution in [0.15, 0.2) is 24.3 Å². The predicted octanol–water partition coefficient (Wildman–Crippen LogP) is 4.51. The van der Waals surface area contributed by atoms with Crippen molar-refractivity contribution in [3.63, 3.8) is 0 Å². The van der Waals surface area contributed by atoms with Crippen LogP contribution in [0, 0.1) is 11.8 Å². The van der Waals surface area contributed by atoms with Crippen LogP contribution in [0.2, 0.25) is 0 Å². The lowest BCUT2D eigenvalue weighted by Gasteiger charge is -2.24. The molecule has 7 nitrogen and oxygen atoms in total. The molecule has 8 heteroatoms. The van der Waals surface area contributed by atoms with Crippen molar-refractivity contribution in [3.8, 4) is 16.3 Å². The van der Waals surface area contributed by atoms with Gasteiger partial charge in [0.25, 0.3) is 0 Å². The van der Waals surface area contributed by atoms with E-state index in [4.69, 9.17) is 4.74 Å². The van der Waals surface area contributed by atoms with Crippen molar-refractivity contribution < 1.29 is 14.3 Å². The van der Waals surface area contributed by atoms with Gasteiger partial charge in [-0.1, -0.05) is 64.0 Å². The molecule has 164 valence electrons. The van der Waals surface area contributed by atoms with Gasteiger partial charge in [0.05, 0.1) is 7.11 Å². The largest absolute Gasteiger partial charge is 0.497 e. The van der Waals surface area contributed by atoms with E-state index in [0.717, 1.165) is 37.0 Å². The summed E-state index contributed by atoms with van der Waals surface area (Å²) >= 11 is 1.28. The molecule has 30 heavy (non-hydrogen) atoms. The quantitative estimate of drug-likeness (QED) is 0.545. The molecular weight excluding hydrogens is 400 g/mol. The molecular formula is C22H32N4O3S. The molecule has 2 N–H and O–H groups in total. The number of hydrogen-bond donors (Lipinski definition) is 2. The second kappa shape index (κ2) is 11.6. The number of rotatable bonds is 11. The number of ether oxygens (including phenoxy) is 1. The molecule has 0 radical (unpaired) electrons. The molecule has 0 spiro atoms. The van der Waals surface area contributed by atoms with E-state index in [2.05, 4.69) is 27.8 Å². The van der Waals surface area contributed by atoms with Crippen molar-refractivity contribution in [2.75, 3.05) is 12.4 Å². The number of amides is 2. The van der Waals surface area contributed by atoms with Crippen molar-refractivity contribution in [3.05, 3.63) is 24.3 Å². The van der Waals surface area contributed by atoms with Gasteiger partial charge in [-0.15, -0.1) is 10.2 Å². The van der Waals surface area contributed by atoms with Gasteiger partial charge in [0.1, 0.15) is 16.8 Å². The van der Waals surface area contributed by atoms with Crippen molar-refractivity contribution in [1.82, 2.24) is 15.5 Å². The van der Waals surface area contributed by atoms with E-state index < -0.39 is 6.04 Å². The fraction of sp³-hybridized carbons (Fsp3) is 0.545. The summed E-state index contributed by atoms with van der Waals surface area (Å²) in [5.74, 6) is 0.263. The maximum atomic E-state index is 12.9. The van der Waals surface area contributed by atoms with Crippen molar-refractivity contribution in [1.29, 1.82) is 0 Å². The Morgan fingerprint density at radius 1 is 1.17 bits per heavy atom. The summed E-state index contributed by atoms with van der Waals surface area (Å²) in [4.78, 5) is 25.5. The van der Waals surface area contributed by atoms with E-state index in [1.165, 1.54) is 11.3 Å². The number of aromatic nitrogens is 2. The SMILES string of the molecule is CCCCC(CC)C(=O)NC(C(=O)Nc1nnc(-c2cccc(OC)c2)s1)C(C)C. The Morgan fingerprint density at radius 3 is 2.57 bits per heavy atom. The summed E-state index contributed by atoms with van der Waals surface area (Å²) in [5, 5.41) is 15.1. The van der Waals surface area contributed by atoms with Crippen LogP contribution < -0.4 is 15.4 Å². The molecule has 0 saturated heterocycles. The van der Waals surface area contributed by atoms with E-state index in [1.54, 1.807) is 7.11 Å². The highest BCUT2D eigenvalue weighted by molar-refractivity contribution is 7.18. The highest BCUT2D eigenvalue weighted by Crippen LogP contribution is 2.29. The zero-order chi connectivity index (χ0) is 22.1. The van der Waals surface area contributed by atoms with Crippen LogP contribution in [0.5, 0.6) is 5.75 Å². The molecule has 0 aliphatic rings. The average Bonchev–Trinajstić information content (AvgIpc) is 3.20. The standard InChI is InChI=1S/C22H32N4O3S/c1-6-8-10-15(7-2)19(27)23-18(14(3)4)20(28)24-22-26-25-21(30-22)16-11-9-12-17(13-16)29-5/h9,11-15,18H,6-8,10H2,1-5H3,(H,23,27)(H,24,26,28). The van der Waals surface area contributed by atoms with Gasteiger partial charge in [0, 0.05) is 11.5 Å². The molecule has 0 bridgehead atoms. The Labute approximate surface area is 182 Å². The second-order valence-corrected chi connectivity index (χ2v) is 8.59. The molecule has 0 fully saturated rings. The first kappa shape index (κ1) is 23.8.